The highest BCUT2D eigenvalue weighted by Gasteiger charge is 2.25. The molecule has 0 saturated carbocycles. The van der Waals surface area contributed by atoms with Gasteiger partial charge in [0.15, 0.2) is 5.76 Å². The molecule has 138 valence electrons. The largest absolute Gasteiger partial charge is 0.459 e. The Labute approximate surface area is 162 Å². The van der Waals surface area contributed by atoms with E-state index in [-0.39, 0.29) is 17.9 Å². The highest BCUT2D eigenvalue weighted by atomic mass is 35.5. The van der Waals surface area contributed by atoms with Gasteiger partial charge in [0, 0.05) is 36.2 Å². The maximum Gasteiger partial charge on any atom is 0.289 e. The van der Waals surface area contributed by atoms with Crippen molar-refractivity contribution >= 4 is 35.2 Å². The number of thioether (sulfide) groups is 1. The predicted molar refractivity (Wildman–Crippen MR) is 103 cm³/mol. The number of furan rings is 1. The number of piperidine rings is 1. The number of amides is 2. The van der Waals surface area contributed by atoms with Crippen molar-refractivity contribution in [3.05, 3.63) is 53.4 Å². The third-order valence-corrected chi connectivity index (χ3v) is 5.82. The van der Waals surface area contributed by atoms with Gasteiger partial charge in [0.25, 0.3) is 5.91 Å². The average Bonchev–Trinajstić information content (AvgIpc) is 3.18. The van der Waals surface area contributed by atoms with Gasteiger partial charge < -0.3 is 14.6 Å². The fourth-order valence-electron chi connectivity index (χ4n) is 2.90. The van der Waals surface area contributed by atoms with Gasteiger partial charge in [-0.3, -0.25) is 9.59 Å². The summed E-state index contributed by atoms with van der Waals surface area (Å²) in [5.74, 6) is 1.01. The van der Waals surface area contributed by atoms with E-state index in [0.717, 1.165) is 17.7 Å². The van der Waals surface area contributed by atoms with Gasteiger partial charge in [-0.2, -0.15) is 0 Å². The first-order valence-corrected chi connectivity index (χ1v) is 9.99. The summed E-state index contributed by atoms with van der Waals surface area (Å²) in [6.45, 7) is 1.25. The van der Waals surface area contributed by atoms with Gasteiger partial charge >= 0.3 is 0 Å². The molecule has 5 nitrogen and oxygen atoms in total. The normalized spacial score (nSPS) is 15.0. The van der Waals surface area contributed by atoms with Crippen molar-refractivity contribution < 1.29 is 14.0 Å². The van der Waals surface area contributed by atoms with E-state index in [0.29, 0.717) is 36.0 Å². The molecule has 0 atom stereocenters. The quantitative estimate of drug-likeness (QED) is 0.759. The number of nitrogens with one attached hydrogen (secondary N) is 1. The molecule has 2 amide bonds. The predicted octanol–water partition coefficient (Wildman–Crippen LogP) is 3.84. The molecule has 0 radical (unpaired) electrons. The molecular weight excluding hydrogens is 372 g/mol. The molecule has 3 rings (SSSR count). The van der Waals surface area contributed by atoms with Gasteiger partial charge in [0.05, 0.1) is 11.3 Å². The third-order valence-electron chi connectivity index (χ3n) is 4.30. The molecular formula is C19H21ClN2O3S. The number of likely N-dealkylation sites (tertiary alicyclic amines) is 1. The van der Waals surface area contributed by atoms with Crippen molar-refractivity contribution in [1.82, 2.24) is 10.2 Å². The Morgan fingerprint density at radius 3 is 2.65 bits per heavy atom. The summed E-state index contributed by atoms with van der Waals surface area (Å²) in [5, 5.41) is 3.78. The zero-order valence-corrected chi connectivity index (χ0v) is 15.9. The van der Waals surface area contributed by atoms with E-state index >= 15 is 0 Å². The molecule has 7 heteroatoms. The first-order chi connectivity index (χ1) is 12.6. The van der Waals surface area contributed by atoms with Crippen LogP contribution in [-0.4, -0.2) is 41.6 Å². The number of hydrogen-bond acceptors (Lipinski definition) is 4. The summed E-state index contributed by atoms with van der Waals surface area (Å²) < 4.78 is 5.16. The first kappa shape index (κ1) is 18.9. The maximum atomic E-state index is 12.2. The molecule has 1 aliphatic rings. The topological polar surface area (TPSA) is 62.6 Å². The second kappa shape index (κ2) is 9.14. The van der Waals surface area contributed by atoms with Crippen LogP contribution >= 0.6 is 23.4 Å². The van der Waals surface area contributed by atoms with Gasteiger partial charge in [0.2, 0.25) is 5.91 Å². The van der Waals surface area contributed by atoms with Crippen LogP contribution in [0.2, 0.25) is 5.02 Å². The molecule has 0 unspecified atom stereocenters. The Balaban J connectivity index is 1.37. The Hall–Kier alpha value is -1.92. The second-order valence-electron chi connectivity index (χ2n) is 6.14. The van der Waals surface area contributed by atoms with Crippen molar-refractivity contribution in [2.24, 2.45) is 0 Å². The van der Waals surface area contributed by atoms with E-state index in [1.807, 2.05) is 24.3 Å². The monoisotopic (exact) mass is 392 g/mol. The van der Waals surface area contributed by atoms with Crippen LogP contribution in [0.15, 0.2) is 52.0 Å². The molecule has 1 N–H and O–H groups in total. The first-order valence-electron chi connectivity index (χ1n) is 8.63. The Kier molecular flexibility index (Phi) is 6.63. The minimum Gasteiger partial charge on any atom is -0.459 e. The van der Waals surface area contributed by atoms with Crippen LogP contribution in [0.3, 0.4) is 0 Å². The third kappa shape index (κ3) is 5.05. The highest BCUT2D eigenvalue weighted by molar-refractivity contribution is 7.99. The highest BCUT2D eigenvalue weighted by Crippen LogP contribution is 2.26. The summed E-state index contributed by atoms with van der Waals surface area (Å²) in [5.41, 5.74) is 0. The number of halogens is 1. The van der Waals surface area contributed by atoms with Gasteiger partial charge in [-0.25, -0.2) is 0 Å². The lowest BCUT2D eigenvalue weighted by Gasteiger charge is -2.31. The van der Waals surface area contributed by atoms with Crippen molar-refractivity contribution in [3.63, 3.8) is 0 Å². The molecule has 26 heavy (non-hydrogen) atoms. The maximum absolute atomic E-state index is 12.2. The van der Waals surface area contributed by atoms with Crippen LogP contribution < -0.4 is 5.32 Å². The summed E-state index contributed by atoms with van der Waals surface area (Å²) in [7, 11) is 0. The molecule has 0 spiro atoms. The van der Waals surface area contributed by atoms with Gasteiger partial charge in [-0.05, 0) is 37.1 Å². The number of benzene rings is 1. The molecule has 1 aliphatic heterocycles. The standard InChI is InChI=1S/C19H21ClN2O3S/c20-15-4-1-2-6-17(15)26-13-9-18(23)21-14-7-10-22(11-8-14)19(24)16-5-3-12-25-16/h1-6,12,14H,7-11,13H2,(H,21,23). The Morgan fingerprint density at radius 2 is 1.96 bits per heavy atom. The number of carbonyl (C=O) groups is 2. The zero-order valence-electron chi connectivity index (χ0n) is 14.3. The SMILES string of the molecule is O=C(CCSc1ccccc1Cl)NC1CCN(C(=O)c2ccco2)CC1. The average molecular weight is 393 g/mol. The fourth-order valence-corrected chi connectivity index (χ4v) is 4.09. The number of hydrogen-bond donors (Lipinski definition) is 1. The molecule has 1 aromatic heterocycles. The van der Waals surface area contributed by atoms with Gasteiger partial charge in [0.1, 0.15) is 0 Å². The van der Waals surface area contributed by atoms with Crippen LogP contribution in [0.25, 0.3) is 0 Å². The van der Waals surface area contributed by atoms with Crippen molar-refractivity contribution in [2.75, 3.05) is 18.8 Å². The Morgan fingerprint density at radius 1 is 1.19 bits per heavy atom. The molecule has 1 saturated heterocycles. The van der Waals surface area contributed by atoms with E-state index in [4.69, 9.17) is 16.0 Å². The summed E-state index contributed by atoms with van der Waals surface area (Å²) in [6, 6.07) is 11.1. The smallest absolute Gasteiger partial charge is 0.289 e. The van der Waals surface area contributed by atoms with Crippen molar-refractivity contribution in [3.8, 4) is 0 Å². The zero-order chi connectivity index (χ0) is 18.4. The van der Waals surface area contributed by atoms with Crippen molar-refractivity contribution in [2.45, 2.75) is 30.2 Å². The Bertz CT molecular complexity index is 743. The lowest BCUT2D eigenvalue weighted by atomic mass is 10.0. The number of rotatable bonds is 6. The summed E-state index contributed by atoms with van der Waals surface area (Å²) in [4.78, 5) is 27.1. The molecule has 0 aliphatic carbocycles. The molecule has 2 heterocycles. The van der Waals surface area contributed by atoms with E-state index in [1.54, 1.807) is 28.8 Å². The van der Waals surface area contributed by atoms with Crippen molar-refractivity contribution in [1.29, 1.82) is 0 Å². The number of carbonyl (C=O) groups excluding carboxylic acids is 2. The molecule has 0 bridgehead atoms. The lowest BCUT2D eigenvalue weighted by molar-refractivity contribution is -0.121. The lowest BCUT2D eigenvalue weighted by Crippen LogP contribution is -2.46. The van der Waals surface area contributed by atoms with E-state index in [2.05, 4.69) is 5.32 Å². The molecule has 2 aromatic rings. The fraction of sp³-hybridized carbons (Fsp3) is 0.368. The minimum absolute atomic E-state index is 0.0420. The number of nitrogens with zero attached hydrogens (tertiary/aromatic N) is 1. The van der Waals surface area contributed by atoms with E-state index < -0.39 is 0 Å². The van der Waals surface area contributed by atoms with Crippen LogP contribution in [0.1, 0.15) is 29.8 Å². The summed E-state index contributed by atoms with van der Waals surface area (Å²) >= 11 is 7.70. The van der Waals surface area contributed by atoms with Crippen LogP contribution in [0, 0.1) is 0 Å². The summed E-state index contributed by atoms with van der Waals surface area (Å²) in [6.07, 6.45) is 3.47. The van der Waals surface area contributed by atoms with Gasteiger partial charge in [-0.15, -0.1) is 11.8 Å². The van der Waals surface area contributed by atoms with Gasteiger partial charge in [-0.1, -0.05) is 23.7 Å². The van der Waals surface area contributed by atoms with Crippen LogP contribution in [0.5, 0.6) is 0 Å². The second-order valence-corrected chi connectivity index (χ2v) is 7.68. The minimum atomic E-state index is -0.0871. The van der Waals surface area contributed by atoms with Crippen LogP contribution in [-0.2, 0) is 4.79 Å². The molecule has 1 fully saturated rings. The van der Waals surface area contributed by atoms with E-state index in [1.165, 1.54) is 6.26 Å². The van der Waals surface area contributed by atoms with E-state index in [9.17, 15) is 9.59 Å². The molecule has 1 aromatic carbocycles. The van der Waals surface area contributed by atoms with Crippen LogP contribution in [0.4, 0.5) is 0 Å².